The number of hydrogen-bond donors (Lipinski definition) is 0. The van der Waals surface area contributed by atoms with Crippen molar-refractivity contribution in [3.8, 4) is 34.1 Å². The van der Waals surface area contributed by atoms with Crippen molar-refractivity contribution in [1.29, 1.82) is 0 Å². The van der Waals surface area contributed by atoms with Gasteiger partial charge in [0.05, 0.1) is 11.4 Å². The Kier molecular flexibility index (Phi) is 10.7. The van der Waals surface area contributed by atoms with Gasteiger partial charge >= 0.3 is 21.1 Å². The summed E-state index contributed by atoms with van der Waals surface area (Å²) in [5, 5.41) is 7.48. The van der Waals surface area contributed by atoms with Gasteiger partial charge in [0, 0.05) is 34.2 Å². The molecule has 0 spiro atoms. The number of fused-ring (bicyclic) bond motifs is 3. The fourth-order valence-electron chi connectivity index (χ4n) is 7.36. The minimum absolute atomic E-state index is 0. The molecule has 0 aliphatic carbocycles. The van der Waals surface area contributed by atoms with Gasteiger partial charge in [0.25, 0.3) is 0 Å². The molecule has 52 heavy (non-hydrogen) atoms. The molecule has 3 aromatic heterocycles. The Balaban J connectivity index is 0.00000464. The minimum Gasteiger partial charge on any atom is -0.509 e. The van der Waals surface area contributed by atoms with Gasteiger partial charge < -0.3 is 9.30 Å². The van der Waals surface area contributed by atoms with E-state index >= 15 is 0 Å². The predicted molar refractivity (Wildman–Crippen MR) is 211 cm³/mol. The molecule has 0 saturated carbocycles. The Hall–Kier alpha value is -4.47. The van der Waals surface area contributed by atoms with Crippen molar-refractivity contribution < 1.29 is 25.8 Å². The number of aryl methyl sites for hydroxylation is 4. The molecule has 0 N–H and O–H groups in total. The standard InChI is InChI=1S/C46H48N4O.Pt/c1-10-11-17-33-22-23-47-42(24-33)49-40-19-13-12-18-38(40)39-21-20-36(28-41(39)49)51-37-26-34(29(2)3)25-35(27-37)50-45(46(7,8)9)44(32(6)48-50)43-30(4)15-14-16-31(43)5;/h12-16,18-26,29H,10-11,17H2,1-9H3;/q-2;+2. The van der Waals surface area contributed by atoms with Crippen LogP contribution in [-0.2, 0) is 32.9 Å². The Bertz CT molecular complexity index is 2370. The number of ether oxygens (including phenoxy) is 1. The first-order valence-electron chi connectivity index (χ1n) is 18.3. The van der Waals surface area contributed by atoms with E-state index in [1.165, 1.54) is 27.8 Å². The van der Waals surface area contributed by atoms with Crippen molar-refractivity contribution in [2.24, 2.45) is 0 Å². The molecule has 3 heterocycles. The summed E-state index contributed by atoms with van der Waals surface area (Å²) in [4.78, 5) is 4.84. The molecular formula is C46H48N4OPt. The van der Waals surface area contributed by atoms with E-state index in [2.05, 4.69) is 156 Å². The van der Waals surface area contributed by atoms with Crippen LogP contribution in [0.5, 0.6) is 11.5 Å². The number of unbranched alkanes of at least 4 members (excludes halogenated alkanes) is 1. The van der Waals surface area contributed by atoms with Crippen molar-refractivity contribution in [1.82, 2.24) is 19.3 Å². The number of nitrogens with zero attached hydrogens (tertiary/aromatic N) is 4. The number of aromatic nitrogens is 4. The van der Waals surface area contributed by atoms with Gasteiger partial charge in [-0.25, -0.2) is 4.98 Å². The van der Waals surface area contributed by atoms with Crippen LogP contribution < -0.4 is 4.74 Å². The maximum Gasteiger partial charge on any atom is 2.00 e. The summed E-state index contributed by atoms with van der Waals surface area (Å²) in [6, 6.07) is 35.1. The molecule has 0 amide bonds. The summed E-state index contributed by atoms with van der Waals surface area (Å²) < 4.78 is 11.0. The second-order valence-electron chi connectivity index (χ2n) is 15.2. The molecule has 7 aromatic rings. The first kappa shape index (κ1) is 37.3. The number of benzene rings is 4. The van der Waals surface area contributed by atoms with Crippen molar-refractivity contribution >= 4 is 21.8 Å². The third-order valence-corrected chi connectivity index (χ3v) is 9.88. The Morgan fingerprint density at radius 1 is 0.808 bits per heavy atom. The first-order valence-corrected chi connectivity index (χ1v) is 18.3. The molecule has 0 radical (unpaired) electrons. The van der Waals surface area contributed by atoms with Gasteiger partial charge in [0.2, 0.25) is 0 Å². The third kappa shape index (κ3) is 7.00. The zero-order valence-corrected chi connectivity index (χ0v) is 34.1. The summed E-state index contributed by atoms with van der Waals surface area (Å²) in [6.07, 6.45) is 5.26. The Morgan fingerprint density at radius 2 is 1.56 bits per heavy atom. The van der Waals surface area contributed by atoms with Crippen molar-refractivity contribution in [3.63, 3.8) is 0 Å². The molecule has 0 aliphatic heterocycles. The minimum atomic E-state index is -0.192. The van der Waals surface area contributed by atoms with E-state index in [9.17, 15) is 0 Å². The molecular weight excluding hydrogens is 820 g/mol. The van der Waals surface area contributed by atoms with E-state index in [4.69, 9.17) is 14.8 Å². The molecule has 268 valence electrons. The number of hydrogen-bond acceptors (Lipinski definition) is 3. The van der Waals surface area contributed by atoms with Crippen molar-refractivity contribution in [2.75, 3.05) is 0 Å². The first-order chi connectivity index (χ1) is 24.4. The van der Waals surface area contributed by atoms with Gasteiger partial charge in [-0.2, -0.15) is 11.2 Å². The largest absolute Gasteiger partial charge is 2.00 e. The quantitative estimate of drug-likeness (QED) is 0.136. The molecule has 0 saturated heterocycles. The van der Waals surface area contributed by atoms with Crippen LogP contribution in [0, 0.1) is 32.9 Å². The van der Waals surface area contributed by atoms with Crippen molar-refractivity contribution in [3.05, 3.63) is 131 Å². The van der Waals surface area contributed by atoms with Gasteiger partial charge in [-0.3, -0.25) is 4.68 Å². The average molecular weight is 868 g/mol. The van der Waals surface area contributed by atoms with Gasteiger partial charge in [-0.05, 0) is 91.1 Å². The zero-order valence-electron chi connectivity index (χ0n) is 31.8. The third-order valence-electron chi connectivity index (χ3n) is 9.88. The van der Waals surface area contributed by atoms with Crippen LogP contribution in [-0.4, -0.2) is 19.3 Å². The molecule has 0 atom stereocenters. The van der Waals surface area contributed by atoms with E-state index in [0.29, 0.717) is 11.5 Å². The molecule has 6 heteroatoms. The van der Waals surface area contributed by atoms with Crippen molar-refractivity contribution in [2.45, 2.75) is 92.9 Å². The fraction of sp³-hybridized carbons (Fsp3) is 0.304. The van der Waals surface area contributed by atoms with Crippen LogP contribution in [0.1, 0.15) is 93.9 Å². The smallest absolute Gasteiger partial charge is 0.509 e. The second kappa shape index (κ2) is 14.9. The molecule has 0 unspecified atom stereocenters. The van der Waals surface area contributed by atoms with Gasteiger partial charge in [-0.1, -0.05) is 89.9 Å². The van der Waals surface area contributed by atoms with E-state index < -0.39 is 0 Å². The molecule has 7 rings (SSSR count). The van der Waals surface area contributed by atoms with Gasteiger partial charge in [0.15, 0.2) is 0 Å². The summed E-state index contributed by atoms with van der Waals surface area (Å²) in [5.74, 6) is 2.42. The number of para-hydroxylation sites is 1. The van der Waals surface area contributed by atoms with E-state index in [0.717, 1.165) is 69.5 Å². The van der Waals surface area contributed by atoms with Crippen LogP contribution in [0.2, 0.25) is 0 Å². The molecule has 4 aromatic carbocycles. The van der Waals surface area contributed by atoms with Crippen LogP contribution in [0.15, 0.2) is 85.1 Å². The summed E-state index contributed by atoms with van der Waals surface area (Å²) in [5.41, 5.74) is 12.3. The average Bonchev–Trinajstić information content (AvgIpc) is 3.62. The van der Waals surface area contributed by atoms with Crippen LogP contribution in [0.4, 0.5) is 0 Å². The molecule has 0 fully saturated rings. The zero-order chi connectivity index (χ0) is 36.0. The summed E-state index contributed by atoms with van der Waals surface area (Å²) in [7, 11) is 0. The maximum absolute atomic E-state index is 6.70. The van der Waals surface area contributed by atoms with Crippen LogP contribution in [0.3, 0.4) is 0 Å². The van der Waals surface area contributed by atoms with Crippen LogP contribution in [0.25, 0.3) is 44.4 Å². The molecule has 5 nitrogen and oxygen atoms in total. The van der Waals surface area contributed by atoms with E-state index in [1.54, 1.807) is 0 Å². The topological polar surface area (TPSA) is 44.9 Å². The Morgan fingerprint density at radius 3 is 2.27 bits per heavy atom. The van der Waals surface area contributed by atoms with E-state index in [-0.39, 0.29) is 32.4 Å². The fourth-order valence-corrected chi connectivity index (χ4v) is 7.36. The molecule has 0 bridgehead atoms. The maximum atomic E-state index is 6.70. The predicted octanol–water partition coefficient (Wildman–Crippen LogP) is 12.1. The molecule has 0 aliphatic rings. The second-order valence-corrected chi connectivity index (χ2v) is 15.2. The number of pyridine rings is 1. The normalized spacial score (nSPS) is 11.8. The summed E-state index contributed by atoms with van der Waals surface area (Å²) in [6.45, 7) is 19.9. The van der Waals surface area contributed by atoms with Crippen LogP contribution >= 0.6 is 0 Å². The Labute approximate surface area is 323 Å². The van der Waals surface area contributed by atoms with Gasteiger partial charge in [0.1, 0.15) is 5.82 Å². The summed E-state index contributed by atoms with van der Waals surface area (Å²) >= 11 is 0. The van der Waals surface area contributed by atoms with E-state index in [1.807, 2.05) is 12.3 Å². The number of rotatable bonds is 9. The van der Waals surface area contributed by atoms with Gasteiger partial charge in [-0.15, -0.1) is 41.3 Å². The monoisotopic (exact) mass is 867 g/mol. The SMILES string of the molecule is CCCCc1ccnc(-n2c3[c-]c(Oc4[c-]c(-n5nc(C)c(-c6c(C)cccc6C)c5C(C)(C)C)cc(C(C)C)c4)ccc3c3ccccc32)c1.[Pt+2].